The molecule has 1 aliphatic heterocycles. The Labute approximate surface area is 66.8 Å². The average Bonchev–Trinajstić information content (AvgIpc) is 2.05. The molecular formula is C8H14NO2. The zero-order valence-electron chi connectivity index (χ0n) is 6.79. The Morgan fingerprint density at radius 1 is 1.73 bits per heavy atom. The first-order valence-corrected chi connectivity index (χ1v) is 4.08. The van der Waals surface area contributed by atoms with Gasteiger partial charge in [-0.3, -0.25) is 4.79 Å². The maximum atomic E-state index is 10.6. The Morgan fingerprint density at radius 2 is 2.45 bits per heavy atom. The number of carboxylic acids is 1. The molecule has 0 saturated carbocycles. The third kappa shape index (κ3) is 2.19. The van der Waals surface area contributed by atoms with Gasteiger partial charge in [-0.25, -0.2) is 5.32 Å². The van der Waals surface area contributed by atoms with E-state index in [1.807, 2.05) is 0 Å². The summed E-state index contributed by atoms with van der Waals surface area (Å²) in [6.07, 6.45) is 2.08. The van der Waals surface area contributed by atoms with Gasteiger partial charge < -0.3 is 5.11 Å². The van der Waals surface area contributed by atoms with Crippen LogP contribution in [0.4, 0.5) is 0 Å². The van der Waals surface area contributed by atoms with E-state index in [-0.39, 0.29) is 11.8 Å². The Balaban J connectivity index is 2.38. The van der Waals surface area contributed by atoms with Crippen LogP contribution in [0.15, 0.2) is 0 Å². The van der Waals surface area contributed by atoms with Crippen molar-refractivity contribution in [2.75, 3.05) is 13.1 Å². The lowest BCUT2D eigenvalue weighted by Crippen LogP contribution is -2.32. The highest BCUT2D eigenvalue weighted by atomic mass is 16.4. The highest BCUT2D eigenvalue weighted by molar-refractivity contribution is 5.69. The first-order chi connectivity index (χ1) is 5.22. The molecule has 0 aromatic heterocycles. The Hall–Kier alpha value is -0.570. The number of hydrogen-bond acceptors (Lipinski definition) is 1. The maximum absolute atomic E-state index is 10.6. The summed E-state index contributed by atoms with van der Waals surface area (Å²) in [5, 5.41) is 12.9. The zero-order chi connectivity index (χ0) is 8.27. The average molecular weight is 156 g/mol. The van der Waals surface area contributed by atoms with Crippen LogP contribution in [-0.2, 0) is 4.79 Å². The van der Waals surface area contributed by atoms with Crippen LogP contribution in [0, 0.1) is 11.8 Å². The van der Waals surface area contributed by atoms with Crippen LogP contribution in [0.25, 0.3) is 0 Å². The van der Waals surface area contributed by atoms with Crippen molar-refractivity contribution in [3.05, 3.63) is 0 Å². The number of nitrogens with zero attached hydrogens (tertiary/aromatic N) is 1. The summed E-state index contributed by atoms with van der Waals surface area (Å²) >= 11 is 0. The first-order valence-electron chi connectivity index (χ1n) is 4.08. The van der Waals surface area contributed by atoms with Gasteiger partial charge in [0.15, 0.2) is 0 Å². The lowest BCUT2D eigenvalue weighted by atomic mass is 9.88. The van der Waals surface area contributed by atoms with Gasteiger partial charge in [-0.1, -0.05) is 6.92 Å². The molecule has 3 nitrogen and oxygen atoms in total. The molecule has 1 fully saturated rings. The van der Waals surface area contributed by atoms with Crippen LogP contribution in [0.3, 0.4) is 0 Å². The molecule has 0 amide bonds. The van der Waals surface area contributed by atoms with E-state index in [9.17, 15) is 4.79 Å². The van der Waals surface area contributed by atoms with Crippen LogP contribution < -0.4 is 5.32 Å². The predicted octanol–water partition coefficient (Wildman–Crippen LogP) is 0.722. The van der Waals surface area contributed by atoms with Crippen molar-refractivity contribution in [3.8, 4) is 0 Å². The summed E-state index contributed by atoms with van der Waals surface area (Å²) < 4.78 is 0. The highest BCUT2D eigenvalue weighted by Crippen LogP contribution is 2.20. The molecule has 0 aromatic rings. The Morgan fingerprint density at radius 3 is 2.91 bits per heavy atom. The summed E-state index contributed by atoms with van der Waals surface area (Å²) in [6.45, 7) is 3.43. The van der Waals surface area contributed by atoms with Crippen molar-refractivity contribution in [3.63, 3.8) is 0 Å². The fraction of sp³-hybridized carbons (Fsp3) is 0.875. The molecule has 1 rings (SSSR count). The van der Waals surface area contributed by atoms with E-state index in [4.69, 9.17) is 5.11 Å². The van der Waals surface area contributed by atoms with E-state index in [0.29, 0.717) is 0 Å². The second-order valence-electron chi connectivity index (χ2n) is 3.16. The van der Waals surface area contributed by atoms with Crippen LogP contribution >= 0.6 is 0 Å². The van der Waals surface area contributed by atoms with Gasteiger partial charge in [-0.2, -0.15) is 0 Å². The molecule has 0 spiro atoms. The fourth-order valence-electron chi connectivity index (χ4n) is 1.42. The van der Waals surface area contributed by atoms with Gasteiger partial charge in [-0.15, -0.1) is 0 Å². The predicted molar refractivity (Wildman–Crippen MR) is 41.4 cm³/mol. The summed E-state index contributed by atoms with van der Waals surface area (Å²) in [4.78, 5) is 10.6. The molecule has 2 unspecified atom stereocenters. The third-order valence-corrected chi connectivity index (χ3v) is 2.35. The van der Waals surface area contributed by atoms with Crippen molar-refractivity contribution in [1.29, 1.82) is 0 Å². The number of carboxylic acid groups (broad SMARTS) is 1. The highest BCUT2D eigenvalue weighted by Gasteiger charge is 2.25. The van der Waals surface area contributed by atoms with Gasteiger partial charge in [0.1, 0.15) is 0 Å². The summed E-state index contributed by atoms with van der Waals surface area (Å²) in [5.41, 5.74) is 0. The third-order valence-electron chi connectivity index (χ3n) is 2.35. The topological polar surface area (TPSA) is 51.4 Å². The molecule has 1 aliphatic rings. The summed E-state index contributed by atoms with van der Waals surface area (Å²) in [6, 6.07) is 0. The minimum Gasteiger partial charge on any atom is -0.481 e. The standard InChI is InChI=1S/C8H14NO2/c1-6(8(10)11)7-3-2-4-9-5-7/h6-7H,2-5H2,1H3,(H,10,11). The number of carbonyl (C=O) groups is 1. The van der Waals surface area contributed by atoms with E-state index in [0.717, 1.165) is 25.9 Å². The fourth-order valence-corrected chi connectivity index (χ4v) is 1.42. The largest absolute Gasteiger partial charge is 0.481 e. The Bertz CT molecular complexity index is 141. The van der Waals surface area contributed by atoms with Crippen molar-refractivity contribution < 1.29 is 9.90 Å². The van der Waals surface area contributed by atoms with E-state index in [1.54, 1.807) is 6.92 Å². The SMILES string of the molecule is CC(C(=O)O)C1CCC[N]C1. The molecular weight excluding hydrogens is 142 g/mol. The maximum Gasteiger partial charge on any atom is 0.306 e. The quantitative estimate of drug-likeness (QED) is 0.640. The molecule has 11 heavy (non-hydrogen) atoms. The number of hydrogen-bond donors (Lipinski definition) is 1. The molecule has 1 radical (unpaired) electrons. The lowest BCUT2D eigenvalue weighted by Gasteiger charge is -2.24. The van der Waals surface area contributed by atoms with Crippen molar-refractivity contribution >= 4 is 5.97 Å². The second-order valence-corrected chi connectivity index (χ2v) is 3.16. The number of rotatable bonds is 2. The van der Waals surface area contributed by atoms with Crippen molar-refractivity contribution in [2.45, 2.75) is 19.8 Å². The van der Waals surface area contributed by atoms with Crippen molar-refractivity contribution in [1.82, 2.24) is 5.32 Å². The molecule has 1 heterocycles. The van der Waals surface area contributed by atoms with Gasteiger partial charge in [0.2, 0.25) is 0 Å². The molecule has 0 aliphatic carbocycles. The monoisotopic (exact) mass is 156 g/mol. The van der Waals surface area contributed by atoms with Gasteiger partial charge in [0.05, 0.1) is 5.92 Å². The van der Waals surface area contributed by atoms with Crippen LogP contribution in [0.2, 0.25) is 0 Å². The Kier molecular flexibility index (Phi) is 2.88. The van der Waals surface area contributed by atoms with E-state index in [1.165, 1.54) is 0 Å². The number of piperidine rings is 1. The van der Waals surface area contributed by atoms with Crippen LogP contribution in [0.5, 0.6) is 0 Å². The van der Waals surface area contributed by atoms with Crippen LogP contribution in [0.1, 0.15) is 19.8 Å². The van der Waals surface area contributed by atoms with E-state index >= 15 is 0 Å². The zero-order valence-corrected chi connectivity index (χ0v) is 6.79. The molecule has 1 N–H and O–H groups in total. The van der Waals surface area contributed by atoms with Crippen LogP contribution in [-0.4, -0.2) is 24.2 Å². The smallest absolute Gasteiger partial charge is 0.306 e. The van der Waals surface area contributed by atoms with Crippen molar-refractivity contribution in [2.24, 2.45) is 11.8 Å². The number of aliphatic carboxylic acids is 1. The molecule has 0 aromatic carbocycles. The van der Waals surface area contributed by atoms with Gasteiger partial charge >= 0.3 is 5.97 Å². The van der Waals surface area contributed by atoms with Gasteiger partial charge in [0, 0.05) is 13.1 Å². The van der Waals surface area contributed by atoms with Gasteiger partial charge in [0.25, 0.3) is 0 Å². The summed E-state index contributed by atoms with van der Waals surface area (Å²) in [7, 11) is 0. The molecule has 0 bridgehead atoms. The molecule has 2 atom stereocenters. The summed E-state index contributed by atoms with van der Waals surface area (Å²) in [5.74, 6) is -0.632. The van der Waals surface area contributed by atoms with E-state index in [2.05, 4.69) is 5.32 Å². The first kappa shape index (κ1) is 8.53. The normalized spacial score (nSPS) is 27.9. The molecule has 3 heteroatoms. The minimum absolute atomic E-state index is 0.223. The minimum atomic E-state index is -0.688. The van der Waals surface area contributed by atoms with Gasteiger partial charge in [-0.05, 0) is 18.8 Å². The lowest BCUT2D eigenvalue weighted by molar-refractivity contribution is -0.143. The second kappa shape index (κ2) is 3.72. The van der Waals surface area contributed by atoms with E-state index < -0.39 is 5.97 Å². The molecule has 63 valence electrons. The molecule has 1 saturated heterocycles.